The number of rotatable bonds is 3. The van der Waals surface area contributed by atoms with Crippen LogP contribution in [-0.4, -0.2) is 48.9 Å². The van der Waals surface area contributed by atoms with Crippen LogP contribution in [0.2, 0.25) is 0 Å². The third-order valence-electron chi connectivity index (χ3n) is 2.57. The van der Waals surface area contributed by atoms with Gasteiger partial charge in [-0.25, -0.2) is 4.79 Å². The van der Waals surface area contributed by atoms with Gasteiger partial charge in [0.25, 0.3) is 0 Å². The summed E-state index contributed by atoms with van der Waals surface area (Å²) in [5.41, 5.74) is 4.95. The van der Waals surface area contributed by atoms with Crippen molar-refractivity contribution in [1.82, 2.24) is 4.90 Å². The molecule has 1 rings (SSSR count). The third kappa shape index (κ3) is 5.37. The van der Waals surface area contributed by atoms with Gasteiger partial charge in [-0.05, 0) is 33.6 Å². The van der Waals surface area contributed by atoms with Crippen molar-refractivity contribution in [3.8, 4) is 0 Å². The number of ether oxygens (including phenoxy) is 2. The molecule has 1 saturated heterocycles. The van der Waals surface area contributed by atoms with Gasteiger partial charge in [0, 0.05) is 19.6 Å². The molecule has 1 fully saturated rings. The summed E-state index contributed by atoms with van der Waals surface area (Å²) in [4.78, 5) is 13.5. The maximum atomic E-state index is 11.8. The highest BCUT2D eigenvalue weighted by Crippen LogP contribution is 2.17. The number of piperidine rings is 1. The summed E-state index contributed by atoms with van der Waals surface area (Å²) < 4.78 is 10.9. The van der Waals surface area contributed by atoms with Crippen LogP contribution in [0.15, 0.2) is 0 Å². The summed E-state index contributed by atoms with van der Waals surface area (Å²) in [7, 11) is 0. The number of nitrogens with two attached hydrogens (primary N) is 1. The summed E-state index contributed by atoms with van der Waals surface area (Å²) in [5, 5.41) is 0. The molecular weight excluding hydrogens is 220 g/mol. The van der Waals surface area contributed by atoms with Gasteiger partial charge >= 0.3 is 6.09 Å². The molecule has 1 heterocycles. The van der Waals surface area contributed by atoms with Crippen molar-refractivity contribution in [1.29, 1.82) is 0 Å². The minimum absolute atomic E-state index is 0.227. The van der Waals surface area contributed by atoms with E-state index >= 15 is 0 Å². The standard InChI is InChI=1S/C12H24N2O3/c1-12(2,3)17-11(15)14-7-4-10(5-8-14)16-9-6-13/h10H,4-9,13H2,1-3H3. The van der Waals surface area contributed by atoms with Crippen LogP contribution in [-0.2, 0) is 9.47 Å². The molecule has 0 atom stereocenters. The number of amides is 1. The molecule has 1 aliphatic rings. The summed E-state index contributed by atoms with van der Waals surface area (Å²) >= 11 is 0. The lowest BCUT2D eigenvalue weighted by Gasteiger charge is -2.33. The Balaban J connectivity index is 2.29. The van der Waals surface area contributed by atoms with Gasteiger partial charge in [-0.15, -0.1) is 0 Å². The number of likely N-dealkylation sites (tertiary alicyclic amines) is 1. The molecule has 0 radical (unpaired) electrons. The molecule has 0 aromatic heterocycles. The average Bonchev–Trinajstić information content (AvgIpc) is 2.24. The molecule has 1 aliphatic heterocycles. The van der Waals surface area contributed by atoms with Crippen LogP contribution < -0.4 is 5.73 Å². The van der Waals surface area contributed by atoms with E-state index in [-0.39, 0.29) is 12.2 Å². The molecule has 0 saturated carbocycles. The normalized spacial score (nSPS) is 18.2. The molecule has 0 bridgehead atoms. The van der Waals surface area contributed by atoms with Crippen molar-refractivity contribution < 1.29 is 14.3 Å². The fourth-order valence-corrected chi connectivity index (χ4v) is 1.77. The van der Waals surface area contributed by atoms with E-state index in [2.05, 4.69) is 0 Å². The average molecular weight is 244 g/mol. The first-order valence-corrected chi connectivity index (χ1v) is 6.22. The van der Waals surface area contributed by atoms with Crippen molar-refractivity contribution in [2.24, 2.45) is 5.73 Å². The van der Waals surface area contributed by atoms with Crippen LogP contribution in [0.4, 0.5) is 4.79 Å². The Bertz CT molecular complexity index is 243. The van der Waals surface area contributed by atoms with E-state index in [0.29, 0.717) is 26.2 Å². The topological polar surface area (TPSA) is 64.8 Å². The predicted octanol–water partition coefficient (Wildman–Crippen LogP) is 1.36. The lowest BCUT2D eigenvalue weighted by Crippen LogP contribution is -2.43. The molecule has 0 spiro atoms. The van der Waals surface area contributed by atoms with E-state index < -0.39 is 5.60 Å². The minimum atomic E-state index is -0.427. The Hall–Kier alpha value is -0.810. The van der Waals surface area contributed by atoms with Gasteiger partial charge in [-0.2, -0.15) is 0 Å². The summed E-state index contributed by atoms with van der Waals surface area (Å²) in [6.45, 7) is 8.17. The molecule has 5 nitrogen and oxygen atoms in total. The number of carbonyl (C=O) groups is 1. The summed E-state index contributed by atoms with van der Waals surface area (Å²) in [6, 6.07) is 0. The molecule has 5 heteroatoms. The highest BCUT2D eigenvalue weighted by molar-refractivity contribution is 5.68. The van der Waals surface area contributed by atoms with Gasteiger partial charge < -0.3 is 20.1 Å². The number of hydrogen-bond acceptors (Lipinski definition) is 4. The van der Waals surface area contributed by atoms with E-state index in [0.717, 1.165) is 12.8 Å². The van der Waals surface area contributed by atoms with Crippen LogP contribution in [0.3, 0.4) is 0 Å². The highest BCUT2D eigenvalue weighted by atomic mass is 16.6. The van der Waals surface area contributed by atoms with Crippen LogP contribution in [0.1, 0.15) is 33.6 Å². The quantitative estimate of drug-likeness (QED) is 0.814. The number of hydrogen-bond donors (Lipinski definition) is 1. The largest absolute Gasteiger partial charge is 0.444 e. The summed E-state index contributed by atoms with van der Waals surface area (Å²) in [5.74, 6) is 0. The fourth-order valence-electron chi connectivity index (χ4n) is 1.77. The van der Waals surface area contributed by atoms with Crippen molar-refractivity contribution in [3.05, 3.63) is 0 Å². The number of nitrogens with zero attached hydrogens (tertiary/aromatic N) is 1. The molecular formula is C12H24N2O3. The Morgan fingerprint density at radius 3 is 2.41 bits per heavy atom. The Kier molecular flexibility index (Phi) is 5.21. The Labute approximate surface area is 103 Å². The van der Waals surface area contributed by atoms with Gasteiger partial charge in [0.15, 0.2) is 0 Å². The van der Waals surface area contributed by atoms with Gasteiger partial charge in [0.2, 0.25) is 0 Å². The fraction of sp³-hybridized carbons (Fsp3) is 0.917. The highest BCUT2D eigenvalue weighted by Gasteiger charge is 2.26. The van der Waals surface area contributed by atoms with Gasteiger partial charge in [0.1, 0.15) is 5.60 Å². The molecule has 100 valence electrons. The van der Waals surface area contributed by atoms with Crippen LogP contribution in [0, 0.1) is 0 Å². The number of carbonyl (C=O) groups excluding carboxylic acids is 1. The summed E-state index contributed by atoms with van der Waals surface area (Å²) in [6.07, 6.45) is 1.73. The van der Waals surface area contributed by atoms with Crippen molar-refractivity contribution in [3.63, 3.8) is 0 Å². The van der Waals surface area contributed by atoms with E-state index in [1.54, 1.807) is 4.90 Å². The van der Waals surface area contributed by atoms with Gasteiger partial charge in [0.05, 0.1) is 12.7 Å². The van der Waals surface area contributed by atoms with Gasteiger partial charge in [-0.1, -0.05) is 0 Å². The maximum Gasteiger partial charge on any atom is 0.410 e. The van der Waals surface area contributed by atoms with Crippen molar-refractivity contribution in [2.75, 3.05) is 26.2 Å². The third-order valence-corrected chi connectivity index (χ3v) is 2.57. The molecule has 17 heavy (non-hydrogen) atoms. The second-order valence-corrected chi connectivity index (χ2v) is 5.33. The molecule has 1 amide bonds. The first kappa shape index (κ1) is 14.3. The predicted molar refractivity (Wildman–Crippen MR) is 65.8 cm³/mol. The minimum Gasteiger partial charge on any atom is -0.444 e. The lowest BCUT2D eigenvalue weighted by atomic mass is 10.1. The monoisotopic (exact) mass is 244 g/mol. The molecule has 2 N–H and O–H groups in total. The second-order valence-electron chi connectivity index (χ2n) is 5.33. The maximum absolute atomic E-state index is 11.8. The van der Waals surface area contributed by atoms with E-state index in [1.165, 1.54) is 0 Å². The van der Waals surface area contributed by atoms with Crippen molar-refractivity contribution in [2.45, 2.75) is 45.3 Å². The van der Waals surface area contributed by atoms with E-state index in [4.69, 9.17) is 15.2 Å². The van der Waals surface area contributed by atoms with E-state index in [9.17, 15) is 4.79 Å². The first-order valence-electron chi connectivity index (χ1n) is 6.22. The second kappa shape index (κ2) is 6.21. The zero-order valence-electron chi connectivity index (χ0n) is 11.1. The Morgan fingerprint density at radius 1 is 1.35 bits per heavy atom. The molecule has 0 aromatic rings. The Morgan fingerprint density at radius 2 is 1.94 bits per heavy atom. The van der Waals surface area contributed by atoms with Crippen LogP contribution >= 0.6 is 0 Å². The zero-order chi connectivity index (χ0) is 12.9. The van der Waals surface area contributed by atoms with Crippen LogP contribution in [0.5, 0.6) is 0 Å². The molecule has 0 aliphatic carbocycles. The molecule has 0 unspecified atom stereocenters. The molecule has 0 aromatic carbocycles. The van der Waals surface area contributed by atoms with Crippen LogP contribution in [0.25, 0.3) is 0 Å². The first-order chi connectivity index (χ1) is 7.92. The SMILES string of the molecule is CC(C)(C)OC(=O)N1CCC(OCCN)CC1. The van der Waals surface area contributed by atoms with Gasteiger partial charge in [-0.3, -0.25) is 0 Å². The zero-order valence-corrected chi connectivity index (χ0v) is 11.1. The van der Waals surface area contributed by atoms with Crippen molar-refractivity contribution >= 4 is 6.09 Å². The van der Waals surface area contributed by atoms with E-state index in [1.807, 2.05) is 20.8 Å². The lowest BCUT2D eigenvalue weighted by molar-refractivity contribution is -0.00933. The smallest absolute Gasteiger partial charge is 0.410 e.